The number of hydrogen-bond donors (Lipinski definition) is 1. The highest BCUT2D eigenvalue weighted by Crippen LogP contribution is 2.21. The summed E-state index contributed by atoms with van der Waals surface area (Å²) in [4.78, 5) is 16.2. The number of amides is 1. The van der Waals surface area contributed by atoms with Gasteiger partial charge in [0.1, 0.15) is 0 Å². The van der Waals surface area contributed by atoms with Crippen molar-refractivity contribution in [2.45, 2.75) is 20.3 Å². The molecule has 0 aliphatic carbocycles. The van der Waals surface area contributed by atoms with Crippen molar-refractivity contribution in [2.24, 2.45) is 0 Å². The second kappa shape index (κ2) is 5.63. The molecule has 0 aliphatic heterocycles. The van der Waals surface area contributed by atoms with E-state index in [0.29, 0.717) is 6.42 Å². The van der Waals surface area contributed by atoms with Gasteiger partial charge in [0.05, 0.1) is 17.1 Å². The SMILES string of the molecule is Cc1nc(CC(=O)Nc2cc(Br)ccc2C)cs1. The summed E-state index contributed by atoms with van der Waals surface area (Å²) in [6.07, 6.45) is 0.316. The van der Waals surface area contributed by atoms with Gasteiger partial charge in [-0.05, 0) is 31.5 Å². The first-order chi connectivity index (χ1) is 8.54. The van der Waals surface area contributed by atoms with E-state index in [1.807, 2.05) is 37.4 Å². The summed E-state index contributed by atoms with van der Waals surface area (Å²) in [5, 5.41) is 5.81. The van der Waals surface area contributed by atoms with Gasteiger partial charge in [-0.3, -0.25) is 4.79 Å². The lowest BCUT2D eigenvalue weighted by atomic mass is 10.2. The highest BCUT2D eigenvalue weighted by molar-refractivity contribution is 9.10. The van der Waals surface area contributed by atoms with Gasteiger partial charge in [-0.2, -0.15) is 0 Å². The number of nitrogens with one attached hydrogen (secondary N) is 1. The first kappa shape index (κ1) is 13.2. The number of thiazole rings is 1. The average Bonchev–Trinajstić information content (AvgIpc) is 2.69. The quantitative estimate of drug-likeness (QED) is 0.935. The molecule has 0 bridgehead atoms. The van der Waals surface area contributed by atoms with Crippen LogP contribution in [-0.2, 0) is 11.2 Å². The molecule has 0 unspecified atom stereocenters. The molecule has 0 fully saturated rings. The van der Waals surface area contributed by atoms with E-state index in [-0.39, 0.29) is 5.91 Å². The minimum atomic E-state index is -0.0403. The lowest BCUT2D eigenvalue weighted by Crippen LogP contribution is -2.15. The number of anilines is 1. The molecule has 2 aromatic rings. The number of benzene rings is 1. The van der Waals surface area contributed by atoms with Crippen LogP contribution in [0.5, 0.6) is 0 Å². The van der Waals surface area contributed by atoms with Crippen LogP contribution in [0.25, 0.3) is 0 Å². The lowest BCUT2D eigenvalue weighted by Gasteiger charge is -2.08. The van der Waals surface area contributed by atoms with Crippen molar-refractivity contribution in [3.63, 3.8) is 0 Å². The molecule has 18 heavy (non-hydrogen) atoms. The number of rotatable bonds is 3. The molecule has 1 aromatic carbocycles. The van der Waals surface area contributed by atoms with E-state index in [1.165, 1.54) is 0 Å². The summed E-state index contributed by atoms with van der Waals surface area (Å²) in [5.41, 5.74) is 2.70. The Hall–Kier alpha value is -1.20. The van der Waals surface area contributed by atoms with Crippen molar-refractivity contribution in [3.05, 3.63) is 44.3 Å². The number of halogens is 1. The van der Waals surface area contributed by atoms with Gasteiger partial charge in [-0.15, -0.1) is 11.3 Å². The Morgan fingerprint density at radius 1 is 1.44 bits per heavy atom. The summed E-state index contributed by atoms with van der Waals surface area (Å²) >= 11 is 4.95. The van der Waals surface area contributed by atoms with E-state index in [2.05, 4.69) is 26.2 Å². The summed E-state index contributed by atoms with van der Waals surface area (Å²) < 4.78 is 0.952. The molecule has 2 rings (SSSR count). The molecule has 1 heterocycles. The highest BCUT2D eigenvalue weighted by Gasteiger charge is 2.08. The Labute approximate surface area is 118 Å². The second-order valence-electron chi connectivity index (χ2n) is 4.04. The summed E-state index contributed by atoms with van der Waals surface area (Å²) in [5.74, 6) is -0.0403. The zero-order chi connectivity index (χ0) is 13.1. The standard InChI is InChI=1S/C13H13BrN2OS/c1-8-3-4-10(14)5-12(8)16-13(17)6-11-7-18-9(2)15-11/h3-5,7H,6H2,1-2H3,(H,16,17). The molecule has 0 saturated heterocycles. The van der Waals surface area contributed by atoms with Gasteiger partial charge >= 0.3 is 0 Å². The monoisotopic (exact) mass is 324 g/mol. The van der Waals surface area contributed by atoms with Crippen LogP contribution in [-0.4, -0.2) is 10.9 Å². The summed E-state index contributed by atoms with van der Waals surface area (Å²) in [6, 6.07) is 5.82. The van der Waals surface area contributed by atoms with Crippen LogP contribution in [0.3, 0.4) is 0 Å². The van der Waals surface area contributed by atoms with Crippen LogP contribution in [0, 0.1) is 13.8 Å². The van der Waals surface area contributed by atoms with Crippen molar-refractivity contribution in [3.8, 4) is 0 Å². The molecule has 1 aromatic heterocycles. The average molecular weight is 325 g/mol. The van der Waals surface area contributed by atoms with Gasteiger partial charge in [0.2, 0.25) is 5.91 Å². The number of hydrogen-bond acceptors (Lipinski definition) is 3. The van der Waals surface area contributed by atoms with Crippen LogP contribution in [0.4, 0.5) is 5.69 Å². The van der Waals surface area contributed by atoms with Crippen LogP contribution in [0.15, 0.2) is 28.1 Å². The Balaban J connectivity index is 2.05. The second-order valence-corrected chi connectivity index (χ2v) is 6.02. The van der Waals surface area contributed by atoms with E-state index in [9.17, 15) is 4.79 Å². The Kier molecular flexibility index (Phi) is 4.14. The number of carbonyl (C=O) groups excluding carboxylic acids is 1. The van der Waals surface area contributed by atoms with Gasteiger partial charge in [0, 0.05) is 15.5 Å². The minimum absolute atomic E-state index is 0.0403. The first-order valence-corrected chi connectivity index (χ1v) is 7.19. The fraction of sp³-hybridized carbons (Fsp3) is 0.231. The predicted octanol–water partition coefficient (Wildman–Crippen LogP) is 3.70. The zero-order valence-corrected chi connectivity index (χ0v) is 12.6. The summed E-state index contributed by atoms with van der Waals surface area (Å²) in [6.45, 7) is 3.90. The van der Waals surface area contributed by atoms with Crippen LogP contribution in [0.1, 0.15) is 16.3 Å². The van der Waals surface area contributed by atoms with E-state index >= 15 is 0 Å². The van der Waals surface area contributed by atoms with Crippen molar-refractivity contribution < 1.29 is 4.79 Å². The van der Waals surface area contributed by atoms with E-state index in [4.69, 9.17) is 0 Å². The molecule has 0 aliphatic rings. The predicted molar refractivity (Wildman–Crippen MR) is 78.1 cm³/mol. The molecule has 0 atom stereocenters. The molecular weight excluding hydrogens is 312 g/mol. The highest BCUT2D eigenvalue weighted by atomic mass is 79.9. The van der Waals surface area contributed by atoms with Crippen LogP contribution < -0.4 is 5.32 Å². The minimum Gasteiger partial charge on any atom is -0.325 e. The Morgan fingerprint density at radius 2 is 2.22 bits per heavy atom. The largest absolute Gasteiger partial charge is 0.325 e. The molecule has 1 N–H and O–H groups in total. The Morgan fingerprint density at radius 3 is 2.89 bits per heavy atom. The topological polar surface area (TPSA) is 42.0 Å². The van der Waals surface area contributed by atoms with Gasteiger partial charge in [-0.1, -0.05) is 22.0 Å². The maximum Gasteiger partial charge on any atom is 0.230 e. The molecule has 94 valence electrons. The van der Waals surface area contributed by atoms with Crippen LogP contribution >= 0.6 is 27.3 Å². The lowest BCUT2D eigenvalue weighted by molar-refractivity contribution is -0.115. The molecule has 0 spiro atoms. The van der Waals surface area contributed by atoms with Gasteiger partial charge in [-0.25, -0.2) is 4.98 Å². The number of carbonyl (C=O) groups is 1. The van der Waals surface area contributed by atoms with Gasteiger partial charge in [0.15, 0.2) is 0 Å². The van der Waals surface area contributed by atoms with Crippen molar-refractivity contribution >= 4 is 38.9 Å². The maximum absolute atomic E-state index is 11.9. The van der Waals surface area contributed by atoms with Crippen molar-refractivity contribution in [1.29, 1.82) is 0 Å². The molecule has 5 heteroatoms. The zero-order valence-electron chi connectivity index (χ0n) is 10.2. The third kappa shape index (κ3) is 3.40. The van der Waals surface area contributed by atoms with E-state index < -0.39 is 0 Å². The normalized spacial score (nSPS) is 10.4. The van der Waals surface area contributed by atoms with E-state index in [1.54, 1.807) is 11.3 Å². The maximum atomic E-state index is 11.9. The smallest absolute Gasteiger partial charge is 0.230 e. The Bertz CT molecular complexity index is 580. The number of aryl methyl sites for hydroxylation is 2. The van der Waals surface area contributed by atoms with Gasteiger partial charge < -0.3 is 5.32 Å². The number of aromatic nitrogens is 1. The third-order valence-corrected chi connectivity index (χ3v) is 3.80. The fourth-order valence-electron chi connectivity index (χ4n) is 1.58. The van der Waals surface area contributed by atoms with E-state index in [0.717, 1.165) is 26.4 Å². The van der Waals surface area contributed by atoms with Crippen LogP contribution in [0.2, 0.25) is 0 Å². The first-order valence-electron chi connectivity index (χ1n) is 5.51. The molecule has 3 nitrogen and oxygen atoms in total. The molecule has 1 amide bonds. The van der Waals surface area contributed by atoms with Gasteiger partial charge in [0.25, 0.3) is 0 Å². The van der Waals surface area contributed by atoms with Crippen molar-refractivity contribution in [2.75, 3.05) is 5.32 Å². The molecule has 0 saturated carbocycles. The molecule has 0 radical (unpaired) electrons. The molecular formula is C13H13BrN2OS. The third-order valence-electron chi connectivity index (χ3n) is 2.48. The number of nitrogens with zero attached hydrogens (tertiary/aromatic N) is 1. The summed E-state index contributed by atoms with van der Waals surface area (Å²) in [7, 11) is 0. The van der Waals surface area contributed by atoms with Crippen molar-refractivity contribution in [1.82, 2.24) is 4.98 Å². The fourth-order valence-corrected chi connectivity index (χ4v) is 2.55.